The summed E-state index contributed by atoms with van der Waals surface area (Å²) in [6.07, 6.45) is 0. The van der Waals surface area contributed by atoms with Gasteiger partial charge >= 0.3 is 0 Å². The highest BCUT2D eigenvalue weighted by Gasteiger charge is 2.13. The number of hydrogen-bond acceptors (Lipinski definition) is 4. The van der Waals surface area contributed by atoms with E-state index < -0.39 is 0 Å². The Morgan fingerprint density at radius 1 is 1.23 bits per heavy atom. The summed E-state index contributed by atoms with van der Waals surface area (Å²) in [6.45, 7) is 1.95. The van der Waals surface area contributed by atoms with Crippen LogP contribution in [0, 0.1) is 6.92 Å². The van der Waals surface area contributed by atoms with Gasteiger partial charge in [-0.1, -0.05) is 39.3 Å². The molecule has 0 saturated heterocycles. The Kier molecular flexibility index (Phi) is 6.01. The van der Waals surface area contributed by atoms with Crippen LogP contribution in [0.15, 0.2) is 52.1 Å². The Labute approximate surface area is 169 Å². The molecule has 0 aliphatic rings. The van der Waals surface area contributed by atoms with Crippen LogP contribution in [-0.2, 0) is 11.8 Å². The molecule has 0 aliphatic carbocycles. The minimum absolute atomic E-state index is 0.0866. The molecular weight excluding hydrogens is 436 g/mol. The van der Waals surface area contributed by atoms with Crippen molar-refractivity contribution in [1.29, 1.82) is 0 Å². The van der Waals surface area contributed by atoms with Crippen LogP contribution in [0.3, 0.4) is 0 Å². The van der Waals surface area contributed by atoms with Gasteiger partial charge in [0.2, 0.25) is 5.91 Å². The molecule has 0 fully saturated rings. The van der Waals surface area contributed by atoms with Gasteiger partial charge in [0, 0.05) is 27.8 Å². The second-order valence-corrected chi connectivity index (χ2v) is 7.96. The van der Waals surface area contributed by atoms with Crippen molar-refractivity contribution in [3.8, 4) is 11.4 Å². The molecule has 134 valence electrons. The van der Waals surface area contributed by atoms with E-state index in [1.807, 2.05) is 61.0 Å². The quantitative estimate of drug-likeness (QED) is 0.558. The van der Waals surface area contributed by atoms with E-state index in [2.05, 4.69) is 31.4 Å². The fraction of sp³-hybridized carbons (Fsp3) is 0.167. The molecule has 0 unspecified atom stereocenters. The third-order valence-corrected chi connectivity index (χ3v) is 5.50. The number of amides is 1. The van der Waals surface area contributed by atoms with Crippen molar-refractivity contribution in [2.45, 2.75) is 12.1 Å². The number of nitrogens with zero attached hydrogens (tertiary/aromatic N) is 3. The van der Waals surface area contributed by atoms with Crippen molar-refractivity contribution in [1.82, 2.24) is 14.8 Å². The van der Waals surface area contributed by atoms with Crippen LogP contribution in [0.25, 0.3) is 11.4 Å². The number of aryl methyl sites for hydroxylation is 1. The van der Waals surface area contributed by atoms with E-state index in [-0.39, 0.29) is 11.7 Å². The van der Waals surface area contributed by atoms with Crippen LogP contribution in [-0.4, -0.2) is 26.4 Å². The van der Waals surface area contributed by atoms with E-state index in [1.165, 1.54) is 11.8 Å². The summed E-state index contributed by atoms with van der Waals surface area (Å²) < 4.78 is 2.85. The SMILES string of the molecule is Cc1cc(Br)ccc1NC(=O)CSc1nnc(-c2ccc(Cl)cc2)n1C. The monoisotopic (exact) mass is 450 g/mol. The fourth-order valence-corrected chi connectivity index (χ4v) is 3.69. The van der Waals surface area contributed by atoms with E-state index in [1.54, 1.807) is 0 Å². The average molecular weight is 452 g/mol. The van der Waals surface area contributed by atoms with E-state index in [0.29, 0.717) is 10.2 Å². The van der Waals surface area contributed by atoms with Gasteiger partial charge < -0.3 is 9.88 Å². The standard InChI is InChI=1S/C18H16BrClN4OS/c1-11-9-13(19)5-8-15(11)21-16(25)10-26-18-23-22-17(24(18)2)12-3-6-14(20)7-4-12/h3-9H,10H2,1-2H3,(H,21,25). The van der Waals surface area contributed by atoms with Gasteiger partial charge in [0.15, 0.2) is 11.0 Å². The first-order valence-electron chi connectivity index (χ1n) is 7.78. The van der Waals surface area contributed by atoms with Crippen LogP contribution in [0.5, 0.6) is 0 Å². The predicted octanol–water partition coefficient (Wildman–Crippen LogP) is 4.94. The molecule has 2 aromatic carbocycles. The van der Waals surface area contributed by atoms with E-state index in [4.69, 9.17) is 11.6 Å². The molecule has 8 heteroatoms. The van der Waals surface area contributed by atoms with E-state index in [9.17, 15) is 4.79 Å². The number of nitrogens with one attached hydrogen (secondary N) is 1. The number of carbonyl (C=O) groups is 1. The molecule has 1 amide bonds. The number of anilines is 1. The zero-order valence-corrected chi connectivity index (χ0v) is 17.3. The first kappa shape index (κ1) is 18.9. The van der Waals surface area contributed by atoms with Gasteiger partial charge in [-0.05, 0) is 55.0 Å². The molecule has 1 aromatic heterocycles. The third kappa shape index (κ3) is 4.47. The summed E-state index contributed by atoms with van der Waals surface area (Å²) in [5, 5.41) is 12.7. The lowest BCUT2D eigenvalue weighted by molar-refractivity contribution is -0.113. The van der Waals surface area contributed by atoms with Crippen LogP contribution in [0.4, 0.5) is 5.69 Å². The Balaban J connectivity index is 1.64. The maximum Gasteiger partial charge on any atom is 0.234 e. The van der Waals surface area contributed by atoms with Gasteiger partial charge in [0.25, 0.3) is 0 Å². The highest BCUT2D eigenvalue weighted by Crippen LogP contribution is 2.24. The van der Waals surface area contributed by atoms with Crippen molar-refractivity contribution in [2.24, 2.45) is 7.05 Å². The Morgan fingerprint density at radius 2 is 1.96 bits per heavy atom. The van der Waals surface area contributed by atoms with Crippen LogP contribution < -0.4 is 5.32 Å². The molecule has 0 saturated carbocycles. The zero-order chi connectivity index (χ0) is 18.7. The van der Waals surface area contributed by atoms with Crippen LogP contribution in [0.1, 0.15) is 5.56 Å². The maximum absolute atomic E-state index is 12.2. The zero-order valence-electron chi connectivity index (χ0n) is 14.2. The number of halogens is 2. The largest absolute Gasteiger partial charge is 0.325 e. The molecule has 0 aliphatic heterocycles. The molecule has 0 radical (unpaired) electrons. The molecular formula is C18H16BrClN4OS. The fourth-order valence-electron chi connectivity index (χ4n) is 2.37. The molecule has 0 spiro atoms. The summed E-state index contributed by atoms with van der Waals surface area (Å²) in [5.41, 5.74) is 2.73. The normalized spacial score (nSPS) is 10.8. The van der Waals surface area contributed by atoms with Gasteiger partial charge in [-0.15, -0.1) is 10.2 Å². The maximum atomic E-state index is 12.2. The minimum Gasteiger partial charge on any atom is -0.325 e. The predicted molar refractivity (Wildman–Crippen MR) is 110 cm³/mol. The lowest BCUT2D eigenvalue weighted by Gasteiger charge is -2.08. The Morgan fingerprint density at radius 3 is 2.65 bits per heavy atom. The molecule has 3 aromatic rings. The first-order chi connectivity index (χ1) is 12.4. The van der Waals surface area contributed by atoms with Gasteiger partial charge in [0.1, 0.15) is 0 Å². The van der Waals surface area contributed by atoms with Gasteiger partial charge in [-0.3, -0.25) is 4.79 Å². The first-order valence-corrected chi connectivity index (χ1v) is 9.94. The molecule has 0 atom stereocenters. The number of aromatic nitrogens is 3. The summed E-state index contributed by atoms with van der Waals surface area (Å²) in [7, 11) is 1.88. The number of rotatable bonds is 5. The Bertz CT molecular complexity index is 943. The van der Waals surface area contributed by atoms with Crippen LogP contribution >= 0.6 is 39.3 Å². The number of carbonyl (C=O) groups excluding carboxylic acids is 1. The van der Waals surface area contributed by atoms with E-state index >= 15 is 0 Å². The van der Waals surface area contributed by atoms with Crippen molar-refractivity contribution < 1.29 is 4.79 Å². The summed E-state index contributed by atoms with van der Waals surface area (Å²) >= 11 is 10.7. The number of benzene rings is 2. The topological polar surface area (TPSA) is 59.8 Å². The minimum atomic E-state index is -0.0866. The summed E-state index contributed by atoms with van der Waals surface area (Å²) in [5.74, 6) is 0.895. The third-order valence-electron chi connectivity index (χ3n) is 3.73. The highest BCUT2D eigenvalue weighted by atomic mass is 79.9. The highest BCUT2D eigenvalue weighted by molar-refractivity contribution is 9.10. The molecule has 3 rings (SSSR count). The summed E-state index contributed by atoms with van der Waals surface area (Å²) in [4.78, 5) is 12.2. The smallest absolute Gasteiger partial charge is 0.234 e. The lowest BCUT2D eigenvalue weighted by atomic mass is 10.2. The van der Waals surface area contributed by atoms with Gasteiger partial charge in [-0.2, -0.15) is 0 Å². The van der Waals surface area contributed by atoms with Crippen molar-refractivity contribution in [3.05, 3.63) is 57.5 Å². The van der Waals surface area contributed by atoms with E-state index in [0.717, 1.165) is 27.1 Å². The second kappa shape index (κ2) is 8.24. The van der Waals surface area contributed by atoms with Crippen molar-refractivity contribution >= 4 is 50.9 Å². The molecule has 1 N–H and O–H groups in total. The van der Waals surface area contributed by atoms with Crippen molar-refractivity contribution in [2.75, 3.05) is 11.1 Å². The molecule has 5 nitrogen and oxygen atoms in total. The number of thioether (sulfide) groups is 1. The number of hydrogen-bond donors (Lipinski definition) is 1. The van der Waals surface area contributed by atoms with Gasteiger partial charge in [0.05, 0.1) is 5.75 Å². The molecule has 1 heterocycles. The lowest BCUT2D eigenvalue weighted by Crippen LogP contribution is -2.15. The summed E-state index contributed by atoms with van der Waals surface area (Å²) in [6, 6.07) is 13.1. The molecule has 26 heavy (non-hydrogen) atoms. The van der Waals surface area contributed by atoms with Crippen LogP contribution in [0.2, 0.25) is 5.02 Å². The van der Waals surface area contributed by atoms with Crippen molar-refractivity contribution in [3.63, 3.8) is 0 Å². The molecule has 0 bridgehead atoms. The average Bonchev–Trinajstić information content (AvgIpc) is 2.97. The Hall–Kier alpha value is -1.83. The van der Waals surface area contributed by atoms with Gasteiger partial charge in [-0.25, -0.2) is 0 Å². The second-order valence-electron chi connectivity index (χ2n) is 5.67.